The van der Waals surface area contributed by atoms with E-state index in [0.29, 0.717) is 24.1 Å². The van der Waals surface area contributed by atoms with Gasteiger partial charge in [-0.25, -0.2) is 14.2 Å². The van der Waals surface area contributed by atoms with Gasteiger partial charge in [0, 0.05) is 30.4 Å². The molecule has 2 fully saturated rings. The minimum atomic E-state index is -1.27. The number of aromatic hydroxyl groups is 1. The zero-order valence-electron chi connectivity index (χ0n) is 20.7. The average molecular weight is 496 g/mol. The van der Waals surface area contributed by atoms with Gasteiger partial charge in [0.1, 0.15) is 23.2 Å². The molecular weight excluding hydrogens is 465 g/mol. The number of hydrogen-bond acceptors (Lipinski definition) is 8. The Bertz CT molecular complexity index is 1230. The number of hydrogen-bond donors (Lipinski definition) is 2. The summed E-state index contributed by atoms with van der Waals surface area (Å²) in [7, 11) is 1.74. The van der Waals surface area contributed by atoms with E-state index < -0.39 is 29.9 Å². The summed E-state index contributed by atoms with van der Waals surface area (Å²) in [4.78, 5) is 20.4. The van der Waals surface area contributed by atoms with Crippen molar-refractivity contribution in [1.82, 2.24) is 30.3 Å². The van der Waals surface area contributed by atoms with Crippen molar-refractivity contribution in [2.24, 2.45) is 0 Å². The van der Waals surface area contributed by atoms with Crippen LogP contribution in [0.25, 0.3) is 22.4 Å². The number of nitrogens with one attached hydrogen (secondary N) is 1. The Morgan fingerprint density at radius 2 is 2.03 bits per heavy atom. The van der Waals surface area contributed by atoms with Crippen LogP contribution in [0, 0.1) is 0 Å². The molecule has 2 aliphatic rings. The van der Waals surface area contributed by atoms with Gasteiger partial charge in [0.25, 0.3) is 0 Å². The lowest BCUT2D eigenvalue weighted by molar-refractivity contribution is -0.0104. The molecule has 190 valence electrons. The fourth-order valence-corrected chi connectivity index (χ4v) is 5.13. The van der Waals surface area contributed by atoms with Gasteiger partial charge < -0.3 is 14.7 Å². The highest BCUT2D eigenvalue weighted by molar-refractivity contribution is 5.73. The van der Waals surface area contributed by atoms with Gasteiger partial charge in [-0.2, -0.15) is 5.10 Å². The van der Waals surface area contributed by atoms with E-state index in [9.17, 15) is 9.90 Å². The second kappa shape index (κ2) is 9.03. The zero-order chi connectivity index (χ0) is 25.6. The molecule has 1 aromatic carbocycles. The third-order valence-corrected chi connectivity index (χ3v) is 6.87. The van der Waals surface area contributed by atoms with E-state index in [1.807, 2.05) is 26.8 Å². The number of rotatable bonds is 4. The Kier molecular flexibility index (Phi) is 6.01. The number of carbonyl (C=O) groups excluding carboxylic acids is 1. The predicted octanol–water partition coefficient (Wildman–Crippen LogP) is 3.95. The number of ether oxygens (including phenoxy) is 1. The number of amides is 1. The summed E-state index contributed by atoms with van der Waals surface area (Å²) in [6, 6.07) is 4.10. The maximum atomic E-state index is 15.7. The fourth-order valence-electron chi connectivity index (χ4n) is 5.13. The number of carbonyl (C=O) groups is 1. The molecule has 2 saturated heterocycles. The summed E-state index contributed by atoms with van der Waals surface area (Å²) in [5.41, 5.74) is 1.92. The number of anilines is 1. The molecule has 11 heteroatoms. The van der Waals surface area contributed by atoms with Crippen molar-refractivity contribution < 1.29 is 19.0 Å². The largest absolute Gasteiger partial charge is 0.507 e. The average Bonchev–Trinajstić information content (AvgIpc) is 3.48. The molecule has 4 heterocycles. The highest BCUT2D eigenvalue weighted by atomic mass is 19.1. The molecule has 2 aromatic heterocycles. The molecule has 2 bridgehead atoms. The lowest BCUT2D eigenvalue weighted by Gasteiger charge is -2.44. The number of phenols is 1. The highest BCUT2D eigenvalue weighted by Crippen LogP contribution is 2.40. The Hall–Kier alpha value is -3.76. The van der Waals surface area contributed by atoms with Crippen molar-refractivity contribution in [2.75, 3.05) is 11.9 Å². The first-order valence-corrected chi connectivity index (χ1v) is 12.0. The van der Waals surface area contributed by atoms with Gasteiger partial charge in [-0.15, -0.1) is 10.2 Å². The molecule has 2 N–H and O–H groups in total. The number of nitrogens with zero attached hydrogens (tertiary/aromatic N) is 6. The normalized spacial score (nSPS) is 23.5. The number of alkyl halides is 1. The topological polar surface area (TPSA) is 120 Å². The number of H-pyrrole nitrogens is 1. The van der Waals surface area contributed by atoms with Crippen molar-refractivity contribution in [3.8, 4) is 28.1 Å². The van der Waals surface area contributed by atoms with E-state index >= 15 is 4.39 Å². The van der Waals surface area contributed by atoms with Crippen LogP contribution in [0.2, 0.25) is 0 Å². The van der Waals surface area contributed by atoms with Gasteiger partial charge in [-0.3, -0.25) is 10.00 Å². The number of benzene rings is 1. The van der Waals surface area contributed by atoms with Crippen LogP contribution in [0.4, 0.5) is 15.1 Å². The molecule has 4 atom stereocenters. The molecule has 2 unspecified atom stereocenters. The van der Waals surface area contributed by atoms with Crippen molar-refractivity contribution in [3.63, 3.8) is 0 Å². The minimum Gasteiger partial charge on any atom is -0.507 e. The lowest BCUT2D eigenvalue weighted by Crippen LogP contribution is -2.59. The zero-order valence-corrected chi connectivity index (χ0v) is 20.7. The number of phenolic OH excluding ortho intramolecular Hbond substituents is 1. The maximum Gasteiger partial charge on any atom is 0.410 e. The molecule has 0 saturated carbocycles. The number of halogens is 1. The lowest BCUT2D eigenvalue weighted by atomic mass is 9.94. The van der Waals surface area contributed by atoms with Gasteiger partial charge in [-0.1, -0.05) is 6.07 Å². The Morgan fingerprint density at radius 1 is 1.22 bits per heavy atom. The summed E-state index contributed by atoms with van der Waals surface area (Å²) in [6.07, 6.45) is 4.98. The van der Waals surface area contributed by atoms with Gasteiger partial charge in [0.2, 0.25) is 5.95 Å². The van der Waals surface area contributed by atoms with Crippen LogP contribution in [-0.2, 0) is 4.74 Å². The van der Waals surface area contributed by atoms with Crippen LogP contribution < -0.4 is 4.90 Å². The SMILES string of the molecule is CN(c1ncc(-c2ccc(-c3cn[nH]c3)cc2O)nn1)[C@H]1CC2CCC([C@H]1F)N2C(=O)OC(C)(C)C. The van der Waals surface area contributed by atoms with E-state index in [-0.39, 0.29) is 17.7 Å². The molecule has 3 aromatic rings. The van der Waals surface area contributed by atoms with Gasteiger partial charge >= 0.3 is 6.09 Å². The molecular formula is C25H30FN7O3. The quantitative estimate of drug-likeness (QED) is 0.558. The summed E-state index contributed by atoms with van der Waals surface area (Å²) < 4.78 is 21.2. The van der Waals surface area contributed by atoms with Crippen molar-refractivity contribution in [1.29, 1.82) is 0 Å². The standard InChI is InChI=1S/C25H30FN7O3/c1-25(2,3)36-24(35)33-16-6-8-19(33)22(26)20(10-16)32(4)23-27-13-18(30-31-23)17-7-5-14(9-21(17)34)15-11-28-29-12-15/h5,7,9,11-13,16,19-20,22,34H,6,8,10H2,1-4H3,(H,28,29)/t16?,19?,20-,22+/m0/s1. The Labute approximate surface area is 208 Å². The molecule has 5 rings (SSSR count). The molecule has 10 nitrogen and oxygen atoms in total. The minimum absolute atomic E-state index is 0.0424. The summed E-state index contributed by atoms with van der Waals surface area (Å²) in [5, 5.41) is 25.7. The van der Waals surface area contributed by atoms with Gasteiger partial charge in [-0.05, 0) is 57.7 Å². The first-order chi connectivity index (χ1) is 17.1. The molecule has 2 aliphatic heterocycles. The number of aromatic amines is 1. The number of fused-ring (bicyclic) bond motifs is 2. The molecule has 1 amide bonds. The summed E-state index contributed by atoms with van der Waals surface area (Å²) in [6.45, 7) is 5.42. The van der Waals surface area contributed by atoms with Crippen LogP contribution in [0.5, 0.6) is 5.75 Å². The predicted molar refractivity (Wildman–Crippen MR) is 131 cm³/mol. The third-order valence-electron chi connectivity index (χ3n) is 6.87. The monoisotopic (exact) mass is 495 g/mol. The number of piperidine rings is 1. The maximum absolute atomic E-state index is 15.7. The first-order valence-electron chi connectivity index (χ1n) is 12.0. The van der Waals surface area contributed by atoms with Gasteiger partial charge in [0.05, 0.1) is 24.5 Å². The van der Waals surface area contributed by atoms with Crippen molar-refractivity contribution >= 4 is 12.0 Å². The number of aromatic nitrogens is 5. The van der Waals surface area contributed by atoms with E-state index in [2.05, 4.69) is 25.4 Å². The van der Waals surface area contributed by atoms with Crippen LogP contribution in [0.15, 0.2) is 36.8 Å². The third kappa shape index (κ3) is 4.45. The first kappa shape index (κ1) is 24.0. The van der Waals surface area contributed by atoms with Crippen LogP contribution >= 0.6 is 0 Å². The second-order valence-corrected chi connectivity index (χ2v) is 10.4. The summed E-state index contributed by atoms with van der Waals surface area (Å²) >= 11 is 0. The van der Waals surface area contributed by atoms with E-state index in [0.717, 1.165) is 17.5 Å². The second-order valence-electron chi connectivity index (χ2n) is 10.4. The van der Waals surface area contributed by atoms with Crippen molar-refractivity contribution in [3.05, 3.63) is 36.8 Å². The fraction of sp³-hybridized carbons (Fsp3) is 0.480. The molecule has 0 radical (unpaired) electrons. The molecule has 0 spiro atoms. The Morgan fingerprint density at radius 3 is 2.67 bits per heavy atom. The molecule has 36 heavy (non-hydrogen) atoms. The van der Waals surface area contributed by atoms with E-state index in [1.54, 1.807) is 41.4 Å². The van der Waals surface area contributed by atoms with Crippen LogP contribution in [-0.4, -0.2) is 78.4 Å². The highest BCUT2D eigenvalue weighted by Gasteiger charge is 2.52. The van der Waals surface area contributed by atoms with E-state index in [1.165, 1.54) is 6.20 Å². The Balaban J connectivity index is 1.30. The smallest absolute Gasteiger partial charge is 0.410 e. The van der Waals surface area contributed by atoms with Gasteiger partial charge in [0.15, 0.2) is 0 Å². The van der Waals surface area contributed by atoms with Crippen LogP contribution in [0.3, 0.4) is 0 Å². The van der Waals surface area contributed by atoms with Crippen LogP contribution in [0.1, 0.15) is 40.0 Å². The van der Waals surface area contributed by atoms with Crippen molar-refractivity contribution in [2.45, 2.75) is 69.9 Å². The summed E-state index contributed by atoms with van der Waals surface area (Å²) in [5.74, 6) is 0.326. The van der Waals surface area contributed by atoms with E-state index in [4.69, 9.17) is 4.74 Å². The molecule has 0 aliphatic carbocycles.